The van der Waals surface area contributed by atoms with Gasteiger partial charge in [-0.05, 0) is 65.5 Å². The molecule has 2 heterocycles. The Hall–Kier alpha value is -3.19. The normalized spacial score (nSPS) is 15.4. The Balaban J connectivity index is 2.04. The number of aliphatic hydroxyl groups is 1. The van der Waals surface area contributed by atoms with Gasteiger partial charge in [0, 0.05) is 23.3 Å². The molecule has 0 amide bonds. The van der Waals surface area contributed by atoms with E-state index in [9.17, 15) is 25.2 Å². The SMILES string of the molecule is CC(C)(O)CCc1c(-c2ccc(O)cc2O)oc2c3c(cc(O)c2c1=O)OC(C)(C)CC3. The molecule has 0 spiro atoms. The highest BCUT2D eigenvalue weighted by Crippen LogP contribution is 2.43. The van der Waals surface area contributed by atoms with Crippen LogP contribution in [0, 0.1) is 0 Å². The molecule has 0 aliphatic carbocycles. The Morgan fingerprint density at radius 2 is 1.81 bits per heavy atom. The van der Waals surface area contributed by atoms with Gasteiger partial charge in [0.15, 0.2) is 5.43 Å². The minimum absolute atomic E-state index is 0.0554. The largest absolute Gasteiger partial charge is 0.508 e. The minimum Gasteiger partial charge on any atom is -0.508 e. The van der Waals surface area contributed by atoms with Crippen LogP contribution < -0.4 is 10.2 Å². The zero-order chi connectivity index (χ0) is 23.4. The summed E-state index contributed by atoms with van der Waals surface area (Å²) in [6.45, 7) is 7.18. The van der Waals surface area contributed by atoms with Crippen molar-refractivity contribution >= 4 is 11.0 Å². The molecule has 0 atom stereocenters. The number of aryl methyl sites for hydroxylation is 1. The van der Waals surface area contributed by atoms with Crippen LogP contribution in [0.15, 0.2) is 33.5 Å². The highest BCUT2D eigenvalue weighted by atomic mass is 16.5. The van der Waals surface area contributed by atoms with Gasteiger partial charge in [0.25, 0.3) is 0 Å². The molecule has 2 aromatic carbocycles. The van der Waals surface area contributed by atoms with Gasteiger partial charge < -0.3 is 29.6 Å². The third-order valence-corrected chi connectivity index (χ3v) is 5.88. The maximum atomic E-state index is 13.6. The number of rotatable bonds is 4. The number of hydrogen-bond acceptors (Lipinski definition) is 7. The fourth-order valence-corrected chi connectivity index (χ4v) is 4.10. The van der Waals surface area contributed by atoms with Gasteiger partial charge in [-0.15, -0.1) is 0 Å². The molecule has 0 unspecified atom stereocenters. The van der Waals surface area contributed by atoms with Crippen molar-refractivity contribution in [3.8, 4) is 34.3 Å². The van der Waals surface area contributed by atoms with Gasteiger partial charge in [-0.3, -0.25) is 4.79 Å². The molecule has 0 radical (unpaired) electrons. The van der Waals surface area contributed by atoms with Crippen LogP contribution >= 0.6 is 0 Å². The average molecular weight is 440 g/mol. The van der Waals surface area contributed by atoms with E-state index < -0.39 is 16.6 Å². The number of benzene rings is 2. The van der Waals surface area contributed by atoms with Crippen LogP contribution in [0.2, 0.25) is 0 Å². The van der Waals surface area contributed by atoms with Crippen LogP contribution in [0.3, 0.4) is 0 Å². The van der Waals surface area contributed by atoms with Crippen LogP contribution in [-0.2, 0) is 12.8 Å². The highest BCUT2D eigenvalue weighted by Gasteiger charge is 2.32. The molecule has 170 valence electrons. The van der Waals surface area contributed by atoms with E-state index in [1.807, 2.05) is 13.8 Å². The van der Waals surface area contributed by atoms with Gasteiger partial charge in [-0.25, -0.2) is 0 Å². The number of ether oxygens (including phenoxy) is 1. The lowest BCUT2D eigenvalue weighted by atomic mass is 9.91. The quantitative estimate of drug-likeness (QED) is 0.475. The molecular weight excluding hydrogens is 412 g/mol. The fraction of sp³-hybridized carbons (Fsp3) is 0.400. The summed E-state index contributed by atoms with van der Waals surface area (Å²) in [5, 5.41) is 41.2. The molecule has 0 fully saturated rings. The smallest absolute Gasteiger partial charge is 0.200 e. The topological polar surface area (TPSA) is 120 Å². The van der Waals surface area contributed by atoms with E-state index in [0.717, 1.165) is 0 Å². The predicted molar refractivity (Wildman–Crippen MR) is 121 cm³/mol. The molecule has 4 rings (SSSR count). The van der Waals surface area contributed by atoms with E-state index in [4.69, 9.17) is 9.15 Å². The van der Waals surface area contributed by atoms with E-state index in [-0.39, 0.29) is 57.9 Å². The number of phenolic OH excluding ortho intramolecular Hbond substituents is 3. The average Bonchev–Trinajstić information content (AvgIpc) is 2.65. The van der Waals surface area contributed by atoms with E-state index >= 15 is 0 Å². The van der Waals surface area contributed by atoms with Crippen molar-refractivity contribution in [1.29, 1.82) is 0 Å². The van der Waals surface area contributed by atoms with Crippen molar-refractivity contribution < 1.29 is 29.6 Å². The Morgan fingerprint density at radius 3 is 2.47 bits per heavy atom. The zero-order valence-corrected chi connectivity index (χ0v) is 18.7. The first-order valence-corrected chi connectivity index (χ1v) is 10.6. The van der Waals surface area contributed by atoms with Gasteiger partial charge >= 0.3 is 0 Å². The standard InChI is InChI=1S/C25H28O7/c1-24(2,30)9-7-16-21(29)20-18(28)12-19-15(8-10-25(3,4)32-19)23(20)31-22(16)14-6-5-13(26)11-17(14)27/h5-6,11-12,26-28,30H,7-10H2,1-4H3. The molecule has 0 bridgehead atoms. The first kappa shape index (κ1) is 22.0. The van der Waals surface area contributed by atoms with Crippen molar-refractivity contribution in [2.75, 3.05) is 0 Å². The van der Waals surface area contributed by atoms with Crippen molar-refractivity contribution in [2.45, 2.75) is 64.6 Å². The van der Waals surface area contributed by atoms with E-state index in [1.165, 1.54) is 24.3 Å². The highest BCUT2D eigenvalue weighted by molar-refractivity contribution is 5.91. The second-order valence-corrected chi connectivity index (χ2v) is 9.69. The molecule has 0 saturated carbocycles. The molecule has 3 aromatic rings. The summed E-state index contributed by atoms with van der Waals surface area (Å²) in [5.74, 6) is -0.0147. The number of aromatic hydroxyl groups is 3. The lowest BCUT2D eigenvalue weighted by Crippen LogP contribution is -2.32. The maximum absolute atomic E-state index is 13.6. The minimum atomic E-state index is -1.03. The summed E-state index contributed by atoms with van der Waals surface area (Å²) in [6.07, 6.45) is 1.71. The molecule has 4 N–H and O–H groups in total. The van der Waals surface area contributed by atoms with Crippen molar-refractivity contribution in [3.05, 3.63) is 45.6 Å². The Morgan fingerprint density at radius 1 is 1.09 bits per heavy atom. The summed E-state index contributed by atoms with van der Waals surface area (Å²) in [4.78, 5) is 13.6. The van der Waals surface area contributed by atoms with E-state index in [0.29, 0.717) is 24.2 Å². The Bertz CT molecular complexity index is 1260. The van der Waals surface area contributed by atoms with Gasteiger partial charge in [0.2, 0.25) is 0 Å². The third-order valence-electron chi connectivity index (χ3n) is 5.88. The molecule has 1 aliphatic heterocycles. The van der Waals surface area contributed by atoms with Gasteiger partial charge in [0.1, 0.15) is 45.3 Å². The molecule has 7 heteroatoms. The van der Waals surface area contributed by atoms with Crippen molar-refractivity contribution in [1.82, 2.24) is 0 Å². The van der Waals surface area contributed by atoms with Gasteiger partial charge in [-0.2, -0.15) is 0 Å². The summed E-state index contributed by atoms with van der Waals surface area (Å²) in [7, 11) is 0. The second kappa shape index (κ2) is 7.45. The van der Waals surface area contributed by atoms with Crippen LogP contribution in [-0.4, -0.2) is 31.6 Å². The fourth-order valence-electron chi connectivity index (χ4n) is 4.10. The second-order valence-electron chi connectivity index (χ2n) is 9.69. The lowest BCUT2D eigenvalue weighted by molar-refractivity contribution is 0.0713. The summed E-state index contributed by atoms with van der Waals surface area (Å²) in [6, 6.07) is 5.48. The Kier molecular flexibility index (Phi) is 5.12. The first-order valence-electron chi connectivity index (χ1n) is 10.6. The van der Waals surface area contributed by atoms with Crippen molar-refractivity contribution in [2.24, 2.45) is 0 Å². The van der Waals surface area contributed by atoms with E-state index in [1.54, 1.807) is 13.8 Å². The Labute approximate surface area is 185 Å². The molecule has 0 saturated heterocycles. The molecule has 1 aromatic heterocycles. The van der Waals surface area contributed by atoms with Crippen LogP contribution in [0.25, 0.3) is 22.3 Å². The molecular formula is C25H28O7. The lowest BCUT2D eigenvalue weighted by Gasteiger charge is -2.33. The molecule has 32 heavy (non-hydrogen) atoms. The molecule has 7 nitrogen and oxygen atoms in total. The molecule has 1 aliphatic rings. The van der Waals surface area contributed by atoms with Crippen LogP contribution in [0.4, 0.5) is 0 Å². The van der Waals surface area contributed by atoms with Crippen molar-refractivity contribution in [3.63, 3.8) is 0 Å². The summed E-state index contributed by atoms with van der Waals surface area (Å²) in [5.41, 5.74) is -0.513. The van der Waals surface area contributed by atoms with E-state index in [2.05, 4.69) is 0 Å². The predicted octanol–water partition coefficient (Wildman–Crippen LogP) is 4.38. The first-order chi connectivity index (χ1) is 14.9. The van der Waals surface area contributed by atoms with Gasteiger partial charge in [0.05, 0.1) is 11.2 Å². The summed E-state index contributed by atoms with van der Waals surface area (Å²) < 4.78 is 12.2. The van der Waals surface area contributed by atoms with Gasteiger partial charge in [-0.1, -0.05) is 0 Å². The van der Waals surface area contributed by atoms with Crippen LogP contribution in [0.5, 0.6) is 23.0 Å². The van der Waals surface area contributed by atoms with Crippen LogP contribution in [0.1, 0.15) is 51.7 Å². The summed E-state index contributed by atoms with van der Waals surface area (Å²) >= 11 is 0. The zero-order valence-electron chi connectivity index (χ0n) is 18.7. The maximum Gasteiger partial charge on any atom is 0.200 e. The number of hydrogen-bond donors (Lipinski definition) is 4. The number of phenols is 3. The third kappa shape index (κ3) is 4.00. The number of fused-ring (bicyclic) bond motifs is 3. The monoisotopic (exact) mass is 440 g/mol.